The first-order valence-corrected chi connectivity index (χ1v) is 10.4. The average Bonchev–Trinajstić information content (AvgIpc) is 3.23. The Balaban J connectivity index is 1.60. The van der Waals surface area contributed by atoms with Gasteiger partial charge in [0.05, 0.1) is 7.11 Å². The number of rotatable bonds is 7. The first-order valence-electron chi connectivity index (χ1n) is 8.05. The van der Waals surface area contributed by atoms with Crippen LogP contribution in [0.15, 0.2) is 70.3 Å². The zero-order valence-electron chi connectivity index (χ0n) is 14.5. The molecular formula is C19H18N2O4S2. The van der Waals surface area contributed by atoms with Gasteiger partial charge in [-0.2, -0.15) is 0 Å². The number of hydrogen-bond acceptors (Lipinski definition) is 5. The van der Waals surface area contributed by atoms with Crippen LogP contribution in [0.3, 0.4) is 0 Å². The largest absolute Gasteiger partial charge is 0.497 e. The molecule has 6 nitrogen and oxygen atoms in total. The highest BCUT2D eigenvalue weighted by Gasteiger charge is 2.15. The average molecular weight is 402 g/mol. The van der Waals surface area contributed by atoms with Crippen molar-refractivity contribution in [2.75, 3.05) is 11.8 Å². The third-order valence-corrected chi connectivity index (χ3v) is 6.55. The van der Waals surface area contributed by atoms with E-state index in [1.807, 2.05) is 24.3 Å². The van der Waals surface area contributed by atoms with Crippen LogP contribution >= 0.6 is 11.3 Å². The van der Waals surface area contributed by atoms with E-state index in [9.17, 15) is 13.2 Å². The van der Waals surface area contributed by atoms with Gasteiger partial charge in [-0.15, -0.1) is 11.3 Å². The summed E-state index contributed by atoms with van der Waals surface area (Å²) in [6, 6.07) is 16.9. The molecule has 0 aliphatic heterocycles. The van der Waals surface area contributed by atoms with Gasteiger partial charge in [-0.05, 0) is 53.4 Å². The van der Waals surface area contributed by atoms with Gasteiger partial charge >= 0.3 is 0 Å². The monoisotopic (exact) mass is 402 g/mol. The number of amides is 1. The second kappa shape index (κ2) is 8.24. The van der Waals surface area contributed by atoms with E-state index >= 15 is 0 Å². The van der Waals surface area contributed by atoms with Crippen LogP contribution in [0.4, 0.5) is 5.69 Å². The molecule has 2 aromatic carbocycles. The standard InChI is InChI=1S/C19H18N2O4S2/c1-25-17-10-4-14(5-11-17)13-20-19(22)15-6-8-16(9-7-15)21-27(23,24)18-3-2-12-26-18/h2-12,21H,13H2,1H3,(H,20,22). The molecule has 0 unspecified atom stereocenters. The molecule has 0 spiro atoms. The summed E-state index contributed by atoms with van der Waals surface area (Å²) in [5.74, 6) is 0.518. The minimum Gasteiger partial charge on any atom is -0.497 e. The number of thiophene rings is 1. The van der Waals surface area contributed by atoms with Crippen molar-refractivity contribution in [3.8, 4) is 5.75 Å². The lowest BCUT2D eigenvalue weighted by Crippen LogP contribution is -2.22. The zero-order valence-corrected chi connectivity index (χ0v) is 16.1. The van der Waals surface area contributed by atoms with Gasteiger partial charge in [0.25, 0.3) is 15.9 Å². The molecule has 0 saturated heterocycles. The fourth-order valence-electron chi connectivity index (χ4n) is 2.34. The van der Waals surface area contributed by atoms with E-state index < -0.39 is 10.0 Å². The lowest BCUT2D eigenvalue weighted by Gasteiger charge is -2.09. The molecule has 2 N–H and O–H groups in total. The molecule has 0 radical (unpaired) electrons. The van der Waals surface area contributed by atoms with Crippen LogP contribution < -0.4 is 14.8 Å². The summed E-state index contributed by atoms with van der Waals surface area (Å²) in [7, 11) is -2.00. The Morgan fingerprint density at radius 1 is 1.04 bits per heavy atom. The number of nitrogens with one attached hydrogen (secondary N) is 2. The van der Waals surface area contributed by atoms with Gasteiger partial charge in [-0.3, -0.25) is 9.52 Å². The van der Waals surface area contributed by atoms with E-state index in [2.05, 4.69) is 10.0 Å². The number of carbonyl (C=O) groups is 1. The van der Waals surface area contributed by atoms with Gasteiger partial charge in [-0.25, -0.2) is 8.42 Å². The van der Waals surface area contributed by atoms with E-state index in [1.54, 1.807) is 42.8 Å². The lowest BCUT2D eigenvalue weighted by atomic mass is 10.2. The van der Waals surface area contributed by atoms with Gasteiger partial charge in [0.1, 0.15) is 9.96 Å². The fraction of sp³-hybridized carbons (Fsp3) is 0.105. The molecule has 0 fully saturated rings. The highest BCUT2D eigenvalue weighted by molar-refractivity contribution is 7.94. The molecular weight excluding hydrogens is 384 g/mol. The number of ether oxygens (including phenoxy) is 1. The second-order valence-corrected chi connectivity index (χ2v) is 8.50. The Hall–Kier alpha value is -2.84. The maximum atomic E-state index is 12.3. The first kappa shape index (κ1) is 18.9. The Kier molecular flexibility index (Phi) is 5.78. The smallest absolute Gasteiger partial charge is 0.271 e. The Labute approximate surface area is 161 Å². The number of methoxy groups -OCH3 is 1. The van der Waals surface area contributed by atoms with Crippen molar-refractivity contribution in [3.63, 3.8) is 0 Å². The fourth-order valence-corrected chi connectivity index (χ4v) is 4.39. The van der Waals surface area contributed by atoms with E-state index in [4.69, 9.17) is 4.74 Å². The minimum absolute atomic E-state index is 0.238. The molecule has 3 aromatic rings. The molecule has 0 saturated carbocycles. The molecule has 0 atom stereocenters. The third-order valence-electron chi connectivity index (χ3n) is 3.77. The number of sulfonamides is 1. The molecule has 3 rings (SSSR count). The van der Waals surface area contributed by atoms with Crippen molar-refractivity contribution in [3.05, 3.63) is 77.2 Å². The molecule has 0 aliphatic rings. The second-order valence-electron chi connectivity index (χ2n) is 5.65. The first-order chi connectivity index (χ1) is 13.0. The lowest BCUT2D eigenvalue weighted by molar-refractivity contribution is 0.0951. The van der Waals surface area contributed by atoms with Gasteiger partial charge < -0.3 is 10.1 Å². The van der Waals surface area contributed by atoms with Gasteiger partial charge in [0.15, 0.2) is 0 Å². The van der Waals surface area contributed by atoms with Crippen molar-refractivity contribution in [1.82, 2.24) is 5.32 Å². The van der Waals surface area contributed by atoms with Crippen LogP contribution in [0.5, 0.6) is 5.75 Å². The summed E-state index contributed by atoms with van der Waals surface area (Å²) in [6.07, 6.45) is 0. The molecule has 1 aromatic heterocycles. The molecule has 8 heteroatoms. The normalized spacial score (nSPS) is 11.0. The molecule has 0 bridgehead atoms. The van der Waals surface area contributed by atoms with E-state index in [0.29, 0.717) is 17.8 Å². The highest BCUT2D eigenvalue weighted by atomic mass is 32.2. The SMILES string of the molecule is COc1ccc(CNC(=O)c2ccc(NS(=O)(=O)c3cccs3)cc2)cc1. The van der Waals surface area contributed by atoms with Crippen molar-refractivity contribution >= 4 is 33.0 Å². The molecule has 1 amide bonds. The molecule has 27 heavy (non-hydrogen) atoms. The van der Waals surface area contributed by atoms with E-state index in [0.717, 1.165) is 22.6 Å². The summed E-state index contributed by atoms with van der Waals surface area (Å²) in [4.78, 5) is 12.3. The van der Waals surface area contributed by atoms with Gasteiger partial charge in [-0.1, -0.05) is 18.2 Å². The van der Waals surface area contributed by atoms with Crippen LogP contribution in [-0.2, 0) is 16.6 Å². The van der Waals surface area contributed by atoms with Crippen LogP contribution in [0.1, 0.15) is 15.9 Å². The van der Waals surface area contributed by atoms with Gasteiger partial charge in [0, 0.05) is 17.8 Å². The predicted molar refractivity (Wildman–Crippen MR) is 106 cm³/mol. The number of benzene rings is 2. The summed E-state index contributed by atoms with van der Waals surface area (Å²) in [6.45, 7) is 0.385. The van der Waals surface area contributed by atoms with Crippen LogP contribution in [0.25, 0.3) is 0 Å². The van der Waals surface area contributed by atoms with Crippen molar-refractivity contribution < 1.29 is 17.9 Å². The summed E-state index contributed by atoms with van der Waals surface area (Å²) >= 11 is 1.14. The van der Waals surface area contributed by atoms with E-state index in [1.165, 1.54) is 6.07 Å². The van der Waals surface area contributed by atoms with Crippen molar-refractivity contribution in [1.29, 1.82) is 0 Å². The summed E-state index contributed by atoms with van der Waals surface area (Å²) < 4.78 is 32.2. The summed E-state index contributed by atoms with van der Waals surface area (Å²) in [5.41, 5.74) is 1.79. The van der Waals surface area contributed by atoms with Crippen molar-refractivity contribution in [2.45, 2.75) is 10.8 Å². The number of carbonyl (C=O) groups excluding carboxylic acids is 1. The topological polar surface area (TPSA) is 84.5 Å². The number of anilines is 1. The predicted octanol–water partition coefficient (Wildman–Crippen LogP) is 3.49. The Morgan fingerprint density at radius 3 is 2.33 bits per heavy atom. The van der Waals surface area contributed by atoms with Crippen LogP contribution in [0.2, 0.25) is 0 Å². The Bertz CT molecular complexity index is 997. The maximum absolute atomic E-state index is 12.3. The van der Waals surface area contributed by atoms with Gasteiger partial charge in [0.2, 0.25) is 0 Å². The molecule has 140 valence electrons. The quantitative estimate of drug-likeness (QED) is 0.634. The number of hydrogen-bond donors (Lipinski definition) is 2. The summed E-state index contributed by atoms with van der Waals surface area (Å²) in [5, 5.41) is 4.53. The minimum atomic E-state index is -3.60. The van der Waals surface area contributed by atoms with E-state index in [-0.39, 0.29) is 10.1 Å². The molecule has 0 aliphatic carbocycles. The van der Waals surface area contributed by atoms with Crippen molar-refractivity contribution in [2.24, 2.45) is 0 Å². The zero-order chi connectivity index (χ0) is 19.3. The van der Waals surface area contributed by atoms with Crippen LogP contribution in [0, 0.1) is 0 Å². The third kappa shape index (κ3) is 4.87. The highest BCUT2D eigenvalue weighted by Crippen LogP contribution is 2.20. The Morgan fingerprint density at radius 2 is 1.74 bits per heavy atom. The van der Waals surface area contributed by atoms with Crippen LogP contribution in [-0.4, -0.2) is 21.4 Å². The molecule has 1 heterocycles. The maximum Gasteiger partial charge on any atom is 0.271 e.